The van der Waals surface area contributed by atoms with E-state index in [4.69, 9.17) is 0 Å². The SMILES string of the molecule is Cc1ccc(C(C)c2ccccc2N2CCN(C)CC2)c(C)c1. The Balaban J connectivity index is 1.93. The molecular weight excluding hydrogens is 280 g/mol. The number of anilines is 1. The monoisotopic (exact) mass is 308 g/mol. The van der Waals surface area contributed by atoms with Gasteiger partial charge in [0.25, 0.3) is 0 Å². The van der Waals surface area contributed by atoms with E-state index in [9.17, 15) is 0 Å². The van der Waals surface area contributed by atoms with E-state index in [0.717, 1.165) is 26.2 Å². The van der Waals surface area contributed by atoms with Crippen molar-refractivity contribution in [3.63, 3.8) is 0 Å². The van der Waals surface area contributed by atoms with Gasteiger partial charge in [-0.05, 0) is 43.7 Å². The molecule has 1 aliphatic rings. The molecule has 1 saturated heterocycles. The van der Waals surface area contributed by atoms with Crippen LogP contribution in [0.1, 0.15) is 35.1 Å². The van der Waals surface area contributed by atoms with Crippen molar-refractivity contribution < 1.29 is 0 Å². The van der Waals surface area contributed by atoms with E-state index in [-0.39, 0.29) is 0 Å². The third-order valence-corrected chi connectivity index (χ3v) is 5.14. The average molecular weight is 308 g/mol. The van der Waals surface area contributed by atoms with Crippen LogP contribution in [0.25, 0.3) is 0 Å². The minimum atomic E-state index is 0.423. The normalized spacial score (nSPS) is 17.3. The molecule has 1 heterocycles. The molecule has 23 heavy (non-hydrogen) atoms. The highest BCUT2D eigenvalue weighted by atomic mass is 15.2. The highest BCUT2D eigenvalue weighted by Crippen LogP contribution is 2.34. The van der Waals surface area contributed by atoms with Crippen LogP contribution in [0.4, 0.5) is 5.69 Å². The van der Waals surface area contributed by atoms with Crippen molar-refractivity contribution in [2.45, 2.75) is 26.7 Å². The lowest BCUT2D eigenvalue weighted by atomic mass is 9.88. The Morgan fingerprint density at radius 1 is 0.870 bits per heavy atom. The number of para-hydroxylation sites is 1. The van der Waals surface area contributed by atoms with Gasteiger partial charge in [0.1, 0.15) is 0 Å². The van der Waals surface area contributed by atoms with Crippen LogP contribution in [-0.2, 0) is 0 Å². The Labute approximate surface area is 140 Å². The lowest BCUT2D eigenvalue weighted by molar-refractivity contribution is 0.312. The Kier molecular flexibility index (Phi) is 4.72. The van der Waals surface area contributed by atoms with Crippen LogP contribution in [0.15, 0.2) is 42.5 Å². The minimum Gasteiger partial charge on any atom is -0.369 e. The van der Waals surface area contributed by atoms with Gasteiger partial charge in [-0.1, -0.05) is 48.9 Å². The molecule has 0 aromatic heterocycles. The highest BCUT2D eigenvalue weighted by molar-refractivity contribution is 5.58. The second-order valence-corrected chi connectivity index (χ2v) is 6.93. The van der Waals surface area contributed by atoms with Crippen molar-refractivity contribution in [3.05, 3.63) is 64.7 Å². The van der Waals surface area contributed by atoms with E-state index in [0.29, 0.717) is 5.92 Å². The van der Waals surface area contributed by atoms with Crippen LogP contribution in [0, 0.1) is 13.8 Å². The van der Waals surface area contributed by atoms with Crippen LogP contribution in [-0.4, -0.2) is 38.1 Å². The molecule has 0 N–H and O–H groups in total. The van der Waals surface area contributed by atoms with E-state index < -0.39 is 0 Å². The third-order valence-electron chi connectivity index (χ3n) is 5.14. The summed E-state index contributed by atoms with van der Waals surface area (Å²) in [4.78, 5) is 4.96. The molecule has 1 unspecified atom stereocenters. The molecule has 0 saturated carbocycles. The largest absolute Gasteiger partial charge is 0.369 e. The first-order chi connectivity index (χ1) is 11.1. The predicted octanol–water partition coefficient (Wildman–Crippen LogP) is 4.21. The predicted molar refractivity (Wildman–Crippen MR) is 99.6 cm³/mol. The molecule has 0 amide bonds. The molecule has 3 rings (SSSR count). The minimum absolute atomic E-state index is 0.423. The molecule has 122 valence electrons. The Morgan fingerprint density at radius 2 is 1.57 bits per heavy atom. The number of hydrogen-bond acceptors (Lipinski definition) is 2. The average Bonchev–Trinajstić information content (AvgIpc) is 2.55. The van der Waals surface area contributed by atoms with Gasteiger partial charge >= 0.3 is 0 Å². The summed E-state index contributed by atoms with van der Waals surface area (Å²) in [7, 11) is 2.21. The van der Waals surface area contributed by atoms with E-state index in [1.54, 1.807) is 0 Å². The van der Waals surface area contributed by atoms with Crippen LogP contribution >= 0.6 is 0 Å². The molecule has 1 aliphatic heterocycles. The number of benzene rings is 2. The first kappa shape index (κ1) is 16.1. The van der Waals surface area contributed by atoms with Gasteiger partial charge in [0.2, 0.25) is 0 Å². The van der Waals surface area contributed by atoms with Gasteiger partial charge < -0.3 is 9.80 Å². The number of aryl methyl sites for hydroxylation is 2. The van der Waals surface area contributed by atoms with Crippen LogP contribution < -0.4 is 4.90 Å². The summed E-state index contributed by atoms with van der Waals surface area (Å²) in [5.41, 5.74) is 7.03. The van der Waals surface area contributed by atoms with Crippen LogP contribution in [0.2, 0.25) is 0 Å². The topological polar surface area (TPSA) is 6.48 Å². The zero-order chi connectivity index (χ0) is 16.4. The lowest BCUT2D eigenvalue weighted by Gasteiger charge is -2.36. The summed E-state index contributed by atoms with van der Waals surface area (Å²) in [6.07, 6.45) is 0. The van der Waals surface area contributed by atoms with Gasteiger partial charge in [-0.2, -0.15) is 0 Å². The van der Waals surface area contributed by atoms with Gasteiger partial charge in [0, 0.05) is 37.8 Å². The first-order valence-electron chi connectivity index (χ1n) is 8.66. The number of hydrogen-bond donors (Lipinski definition) is 0. The maximum atomic E-state index is 2.55. The van der Waals surface area contributed by atoms with Gasteiger partial charge in [0.15, 0.2) is 0 Å². The number of piperazine rings is 1. The van der Waals surface area contributed by atoms with Gasteiger partial charge in [0.05, 0.1) is 0 Å². The van der Waals surface area contributed by atoms with Crippen molar-refractivity contribution in [1.29, 1.82) is 0 Å². The van der Waals surface area contributed by atoms with Crippen molar-refractivity contribution in [2.24, 2.45) is 0 Å². The van der Waals surface area contributed by atoms with Crippen molar-refractivity contribution in [2.75, 3.05) is 38.1 Å². The molecule has 1 fully saturated rings. The number of nitrogens with zero attached hydrogens (tertiary/aromatic N) is 2. The van der Waals surface area contributed by atoms with Crippen molar-refractivity contribution >= 4 is 5.69 Å². The van der Waals surface area contributed by atoms with E-state index in [2.05, 4.69) is 80.1 Å². The fourth-order valence-electron chi connectivity index (χ4n) is 3.67. The Morgan fingerprint density at radius 3 is 2.26 bits per heavy atom. The number of likely N-dealkylation sites (N-methyl/N-ethyl adjacent to an activating group) is 1. The summed E-state index contributed by atoms with van der Waals surface area (Å²) in [6, 6.07) is 15.8. The summed E-state index contributed by atoms with van der Waals surface area (Å²) >= 11 is 0. The van der Waals surface area contributed by atoms with Crippen LogP contribution in [0.5, 0.6) is 0 Å². The quantitative estimate of drug-likeness (QED) is 0.838. The smallest absolute Gasteiger partial charge is 0.0405 e. The van der Waals surface area contributed by atoms with Crippen LogP contribution in [0.3, 0.4) is 0 Å². The highest BCUT2D eigenvalue weighted by Gasteiger charge is 2.20. The molecule has 2 nitrogen and oxygen atoms in total. The third kappa shape index (κ3) is 3.42. The van der Waals surface area contributed by atoms with Crippen molar-refractivity contribution in [3.8, 4) is 0 Å². The van der Waals surface area contributed by atoms with E-state index in [1.807, 2.05) is 0 Å². The second kappa shape index (κ2) is 6.76. The zero-order valence-electron chi connectivity index (χ0n) is 14.8. The van der Waals surface area contributed by atoms with E-state index >= 15 is 0 Å². The molecule has 2 heteroatoms. The van der Waals surface area contributed by atoms with E-state index in [1.165, 1.54) is 27.9 Å². The molecule has 0 radical (unpaired) electrons. The molecule has 1 atom stereocenters. The molecule has 2 aromatic rings. The second-order valence-electron chi connectivity index (χ2n) is 6.93. The fraction of sp³-hybridized carbons (Fsp3) is 0.429. The molecule has 0 aliphatic carbocycles. The summed E-state index contributed by atoms with van der Waals surface area (Å²) in [5, 5.41) is 0. The maximum Gasteiger partial charge on any atom is 0.0405 e. The maximum absolute atomic E-state index is 2.55. The summed E-state index contributed by atoms with van der Waals surface area (Å²) < 4.78 is 0. The molecule has 0 bridgehead atoms. The van der Waals surface area contributed by atoms with Gasteiger partial charge in [-0.25, -0.2) is 0 Å². The lowest BCUT2D eigenvalue weighted by Crippen LogP contribution is -2.44. The molecule has 0 spiro atoms. The fourth-order valence-corrected chi connectivity index (χ4v) is 3.67. The Hall–Kier alpha value is -1.80. The summed E-state index contributed by atoms with van der Waals surface area (Å²) in [5.74, 6) is 0.423. The first-order valence-corrected chi connectivity index (χ1v) is 8.66. The summed E-state index contributed by atoms with van der Waals surface area (Å²) in [6.45, 7) is 11.3. The van der Waals surface area contributed by atoms with Gasteiger partial charge in [-0.3, -0.25) is 0 Å². The Bertz CT molecular complexity index is 669. The number of rotatable bonds is 3. The van der Waals surface area contributed by atoms with Gasteiger partial charge in [-0.15, -0.1) is 0 Å². The zero-order valence-corrected chi connectivity index (χ0v) is 14.8. The molecule has 2 aromatic carbocycles. The molecular formula is C21H28N2. The van der Waals surface area contributed by atoms with Crippen molar-refractivity contribution in [1.82, 2.24) is 4.90 Å². The standard InChI is InChI=1S/C21H28N2/c1-16-9-10-19(17(2)15-16)18(3)20-7-5-6-8-21(20)23-13-11-22(4)12-14-23/h5-10,15,18H,11-14H2,1-4H3.